The Hall–Kier alpha value is -2.21. The van der Waals surface area contributed by atoms with Crippen molar-refractivity contribution in [3.05, 3.63) is 46.0 Å². The van der Waals surface area contributed by atoms with Crippen molar-refractivity contribution in [2.24, 2.45) is 7.05 Å². The highest BCUT2D eigenvalue weighted by molar-refractivity contribution is 5.97. The van der Waals surface area contributed by atoms with Crippen molar-refractivity contribution in [1.82, 2.24) is 9.88 Å². The highest BCUT2D eigenvalue weighted by atomic mass is 19.1. The van der Waals surface area contributed by atoms with E-state index in [9.17, 15) is 14.0 Å². The van der Waals surface area contributed by atoms with E-state index in [0.717, 1.165) is 18.9 Å². The molecule has 0 aliphatic carbocycles. The van der Waals surface area contributed by atoms with Gasteiger partial charge in [0, 0.05) is 31.8 Å². The number of fused-ring (bicyclic) bond motifs is 1. The lowest BCUT2D eigenvalue weighted by Gasteiger charge is -2.12. The maximum atomic E-state index is 13.4. The van der Waals surface area contributed by atoms with Gasteiger partial charge < -0.3 is 14.6 Å². The number of hydrogen-bond acceptors (Lipinski definition) is 3. The number of carbonyl (C=O) groups excluding carboxylic acids is 1. The molecule has 6 heteroatoms. The second kappa shape index (κ2) is 5.88. The van der Waals surface area contributed by atoms with Crippen LogP contribution in [-0.2, 0) is 11.8 Å². The average Bonchev–Trinajstić information content (AvgIpc) is 3.01. The number of ether oxygens (including phenoxy) is 1. The first-order valence-corrected chi connectivity index (χ1v) is 7.25. The summed E-state index contributed by atoms with van der Waals surface area (Å²) in [5, 5.41) is 2.92. The van der Waals surface area contributed by atoms with Crippen LogP contribution in [-0.4, -0.2) is 29.7 Å². The summed E-state index contributed by atoms with van der Waals surface area (Å²) in [6.45, 7) is 1.08. The van der Waals surface area contributed by atoms with E-state index < -0.39 is 17.2 Å². The molecule has 0 unspecified atom stereocenters. The number of halogens is 1. The Morgan fingerprint density at radius 1 is 1.50 bits per heavy atom. The molecule has 1 aliphatic heterocycles. The SMILES string of the molecule is Cn1cc(C(=O)NC[C@H]2CCCO2)c(=O)c2cc(F)ccc21. The van der Waals surface area contributed by atoms with E-state index in [2.05, 4.69) is 5.32 Å². The fourth-order valence-corrected chi connectivity index (χ4v) is 2.73. The smallest absolute Gasteiger partial charge is 0.256 e. The van der Waals surface area contributed by atoms with E-state index >= 15 is 0 Å². The lowest BCUT2D eigenvalue weighted by atomic mass is 10.1. The predicted molar refractivity (Wildman–Crippen MR) is 80.5 cm³/mol. The van der Waals surface area contributed by atoms with Crippen LogP contribution in [0.2, 0.25) is 0 Å². The normalized spacial score (nSPS) is 17.8. The van der Waals surface area contributed by atoms with Crippen LogP contribution in [0.25, 0.3) is 10.9 Å². The molecule has 3 rings (SSSR count). The van der Waals surface area contributed by atoms with Gasteiger partial charge in [-0.3, -0.25) is 9.59 Å². The van der Waals surface area contributed by atoms with Crippen molar-refractivity contribution in [3.8, 4) is 0 Å². The van der Waals surface area contributed by atoms with Crippen molar-refractivity contribution in [1.29, 1.82) is 0 Å². The summed E-state index contributed by atoms with van der Waals surface area (Å²) in [6, 6.07) is 3.98. The van der Waals surface area contributed by atoms with Gasteiger partial charge >= 0.3 is 0 Å². The van der Waals surface area contributed by atoms with Crippen molar-refractivity contribution in [3.63, 3.8) is 0 Å². The third-order valence-electron chi connectivity index (χ3n) is 3.91. The second-order valence-corrected chi connectivity index (χ2v) is 5.49. The molecule has 1 aromatic carbocycles. The van der Waals surface area contributed by atoms with E-state index in [1.807, 2.05) is 0 Å². The summed E-state index contributed by atoms with van der Waals surface area (Å²) in [7, 11) is 1.72. The van der Waals surface area contributed by atoms with Crippen molar-refractivity contribution in [2.45, 2.75) is 18.9 Å². The Morgan fingerprint density at radius 2 is 2.32 bits per heavy atom. The summed E-state index contributed by atoms with van der Waals surface area (Å²) >= 11 is 0. The van der Waals surface area contributed by atoms with Crippen molar-refractivity contribution < 1.29 is 13.9 Å². The number of rotatable bonds is 3. The number of benzene rings is 1. The second-order valence-electron chi connectivity index (χ2n) is 5.49. The number of amides is 1. The summed E-state index contributed by atoms with van der Waals surface area (Å²) in [5.74, 6) is -0.955. The van der Waals surface area contributed by atoms with Gasteiger partial charge in [0.25, 0.3) is 5.91 Å². The fraction of sp³-hybridized carbons (Fsp3) is 0.375. The molecule has 2 heterocycles. The highest BCUT2D eigenvalue weighted by Gasteiger charge is 2.19. The van der Waals surface area contributed by atoms with Crippen LogP contribution in [0, 0.1) is 5.82 Å². The molecule has 116 valence electrons. The van der Waals surface area contributed by atoms with Crippen molar-refractivity contribution in [2.75, 3.05) is 13.2 Å². The number of pyridine rings is 1. The Labute approximate surface area is 126 Å². The number of aromatic nitrogens is 1. The largest absolute Gasteiger partial charge is 0.376 e. The first-order valence-electron chi connectivity index (χ1n) is 7.25. The standard InChI is InChI=1S/C16H17FN2O3/c1-19-9-13(16(21)18-8-11-3-2-6-22-11)15(20)12-7-10(17)4-5-14(12)19/h4-5,7,9,11H,2-3,6,8H2,1H3,(H,18,21)/t11-/m1/s1. The molecule has 1 aromatic heterocycles. The van der Waals surface area contributed by atoms with Gasteiger partial charge in [0.1, 0.15) is 11.4 Å². The quantitative estimate of drug-likeness (QED) is 0.936. The molecule has 1 N–H and O–H groups in total. The van der Waals surface area contributed by atoms with Gasteiger partial charge in [-0.25, -0.2) is 4.39 Å². The first kappa shape index (κ1) is 14.7. The van der Waals surface area contributed by atoms with Crippen LogP contribution in [0.3, 0.4) is 0 Å². The molecular formula is C16H17FN2O3. The van der Waals surface area contributed by atoms with Crippen LogP contribution in [0.4, 0.5) is 4.39 Å². The molecule has 1 amide bonds. The summed E-state index contributed by atoms with van der Waals surface area (Å²) in [6.07, 6.45) is 3.37. The van der Waals surface area contributed by atoms with E-state index in [0.29, 0.717) is 18.7 Å². The number of hydrogen-bond donors (Lipinski definition) is 1. The minimum atomic E-state index is -0.499. The lowest BCUT2D eigenvalue weighted by Crippen LogP contribution is -2.35. The molecule has 2 aromatic rings. The van der Waals surface area contributed by atoms with Crippen LogP contribution in [0.15, 0.2) is 29.2 Å². The zero-order valence-electron chi connectivity index (χ0n) is 12.3. The van der Waals surface area contributed by atoms with Crippen LogP contribution in [0.5, 0.6) is 0 Å². The molecule has 0 spiro atoms. The minimum absolute atomic E-state index is 0.00528. The summed E-state index contributed by atoms with van der Waals surface area (Å²) < 4.78 is 20.4. The number of nitrogens with zero attached hydrogens (tertiary/aromatic N) is 1. The van der Waals surface area contributed by atoms with Gasteiger partial charge in [-0.2, -0.15) is 0 Å². The molecule has 1 fully saturated rings. The lowest BCUT2D eigenvalue weighted by molar-refractivity contribution is 0.0856. The van der Waals surface area contributed by atoms with Crippen molar-refractivity contribution >= 4 is 16.8 Å². The van der Waals surface area contributed by atoms with Gasteiger partial charge in [0.05, 0.1) is 11.6 Å². The Bertz CT molecular complexity index is 779. The van der Waals surface area contributed by atoms with E-state index in [1.165, 1.54) is 18.3 Å². The third kappa shape index (κ3) is 2.74. The molecular weight excluding hydrogens is 287 g/mol. The van der Waals surface area contributed by atoms with Crippen LogP contribution in [0.1, 0.15) is 23.2 Å². The number of nitrogens with one attached hydrogen (secondary N) is 1. The molecule has 0 radical (unpaired) electrons. The maximum absolute atomic E-state index is 13.4. The zero-order valence-corrected chi connectivity index (χ0v) is 12.3. The molecule has 22 heavy (non-hydrogen) atoms. The highest BCUT2D eigenvalue weighted by Crippen LogP contribution is 2.13. The first-order chi connectivity index (χ1) is 10.6. The van der Waals surface area contributed by atoms with E-state index in [4.69, 9.17) is 4.74 Å². The molecule has 1 atom stereocenters. The van der Waals surface area contributed by atoms with E-state index in [1.54, 1.807) is 11.6 Å². The van der Waals surface area contributed by atoms with Gasteiger partial charge in [0.15, 0.2) is 0 Å². The topological polar surface area (TPSA) is 60.3 Å². The summed E-state index contributed by atoms with van der Waals surface area (Å²) in [4.78, 5) is 24.6. The van der Waals surface area contributed by atoms with Gasteiger partial charge in [0.2, 0.25) is 5.43 Å². The van der Waals surface area contributed by atoms with Crippen LogP contribution >= 0.6 is 0 Å². The molecule has 1 saturated heterocycles. The Kier molecular flexibility index (Phi) is 3.94. The third-order valence-corrected chi connectivity index (χ3v) is 3.91. The van der Waals surface area contributed by atoms with Gasteiger partial charge in [-0.05, 0) is 31.0 Å². The Morgan fingerprint density at radius 3 is 3.05 bits per heavy atom. The van der Waals surface area contributed by atoms with Crippen LogP contribution < -0.4 is 10.7 Å². The summed E-state index contributed by atoms with van der Waals surface area (Å²) in [5.41, 5.74) is 0.137. The molecule has 5 nitrogen and oxygen atoms in total. The van der Waals surface area contributed by atoms with Gasteiger partial charge in [-0.1, -0.05) is 0 Å². The number of carbonyl (C=O) groups is 1. The minimum Gasteiger partial charge on any atom is -0.376 e. The monoisotopic (exact) mass is 304 g/mol. The number of aryl methyl sites for hydroxylation is 1. The molecule has 0 saturated carbocycles. The zero-order chi connectivity index (χ0) is 15.7. The fourth-order valence-electron chi connectivity index (χ4n) is 2.73. The maximum Gasteiger partial charge on any atom is 0.256 e. The molecule has 0 bridgehead atoms. The predicted octanol–water partition coefficient (Wildman–Crippen LogP) is 1.59. The van der Waals surface area contributed by atoms with Gasteiger partial charge in [-0.15, -0.1) is 0 Å². The average molecular weight is 304 g/mol. The molecule has 1 aliphatic rings. The van der Waals surface area contributed by atoms with E-state index in [-0.39, 0.29) is 17.1 Å². The Balaban J connectivity index is 1.91.